The molecule has 0 aromatic rings. The molecule has 4 heteroatoms. The molecule has 4 rings (SSSR count). The normalized spacial score (nSPS) is 45.2. The maximum Gasteiger partial charge on any atom is 0.372 e. The van der Waals surface area contributed by atoms with Crippen LogP contribution in [0.1, 0.15) is 52.4 Å². The molecule has 0 aliphatic heterocycles. The quantitative estimate of drug-likeness (QED) is 0.779. The number of carbonyl (C=O) groups excluding carboxylic acids is 2. The zero-order valence-electron chi connectivity index (χ0n) is 15.0. The van der Waals surface area contributed by atoms with E-state index in [9.17, 15) is 19.5 Å². The van der Waals surface area contributed by atoms with E-state index in [0.717, 1.165) is 32.1 Å². The second kappa shape index (κ2) is 5.39. The van der Waals surface area contributed by atoms with E-state index in [1.54, 1.807) is 6.08 Å². The fourth-order valence-electron chi connectivity index (χ4n) is 6.78. The lowest BCUT2D eigenvalue weighted by Crippen LogP contribution is -2.50. The van der Waals surface area contributed by atoms with Gasteiger partial charge in [0.25, 0.3) is 0 Å². The van der Waals surface area contributed by atoms with E-state index in [1.165, 1.54) is 5.57 Å². The van der Waals surface area contributed by atoms with Crippen LogP contribution in [0.25, 0.3) is 0 Å². The van der Waals surface area contributed by atoms with E-state index in [4.69, 9.17) is 0 Å². The van der Waals surface area contributed by atoms with Gasteiger partial charge in [-0.05, 0) is 73.8 Å². The summed E-state index contributed by atoms with van der Waals surface area (Å²) in [4.78, 5) is 35.3. The fraction of sp³-hybridized carbons (Fsp3) is 0.667. The Balaban J connectivity index is 1.66. The Morgan fingerprint density at radius 2 is 1.88 bits per heavy atom. The van der Waals surface area contributed by atoms with Crippen molar-refractivity contribution in [2.45, 2.75) is 52.4 Å². The predicted octanol–water partition coefficient (Wildman–Crippen LogP) is 3.56. The van der Waals surface area contributed by atoms with Crippen LogP contribution in [0.3, 0.4) is 0 Å². The van der Waals surface area contributed by atoms with Gasteiger partial charge in [-0.25, -0.2) is 4.79 Å². The summed E-state index contributed by atoms with van der Waals surface area (Å²) in [7, 11) is 0. The monoisotopic (exact) mass is 342 g/mol. The van der Waals surface area contributed by atoms with E-state index in [2.05, 4.69) is 19.9 Å². The van der Waals surface area contributed by atoms with Gasteiger partial charge in [0, 0.05) is 11.3 Å². The first-order valence-electron chi connectivity index (χ1n) is 9.49. The molecule has 4 aliphatic carbocycles. The van der Waals surface area contributed by atoms with Gasteiger partial charge in [-0.1, -0.05) is 25.5 Å². The number of ketones is 2. The molecule has 25 heavy (non-hydrogen) atoms. The van der Waals surface area contributed by atoms with E-state index < -0.39 is 11.8 Å². The molecule has 6 atom stereocenters. The maximum absolute atomic E-state index is 12.2. The van der Waals surface area contributed by atoms with Gasteiger partial charge >= 0.3 is 5.97 Å². The molecule has 0 saturated heterocycles. The molecule has 4 aliphatic rings. The Morgan fingerprint density at radius 3 is 2.60 bits per heavy atom. The molecule has 3 fully saturated rings. The molecule has 0 bridgehead atoms. The second-order valence-electron chi connectivity index (χ2n) is 8.95. The van der Waals surface area contributed by atoms with Gasteiger partial charge in [-0.2, -0.15) is 0 Å². The Morgan fingerprint density at radius 1 is 1.12 bits per heavy atom. The molecule has 0 spiro atoms. The predicted molar refractivity (Wildman–Crippen MR) is 92.7 cm³/mol. The minimum atomic E-state index is -1.27. The third kappa shape index (κ3) is 2.22. The highest BCUT2D eigenvalue weighted by Gasteiger charge is 2.60. The molecule has 3 saturated carbocycles. The maximum atomic E-state index is 12.2. The summed E-state index contributed by atoms with van der Waals surface area (Å²) in [5, 5.41) is 9.20. The van der Waals surface area contributed by atoms with Gasteiger partial charge < -0.3 is 5.11 Å². The number of allylic oxidation sites excluding steroid dienone is 4. The highest BCUT2D eigenvalue weighted by molar-refractivity contribution is 6.33. The Bertz CT molecular complexity index is 717. The lowest BCUT2D eigenvalue weighted by atomic mass is 9.47. The van der Waals surface area contributed by atoms with Crippen molar-refractivity contribution in [1.82, 2.24) is 0 Å². The summed E-state index contributed by atoms with van der Waals surface area (Å²) in [6.07, 6.45) is 11.2. The van der Waals surface area contributed by atoms with Crippen molar-refractivity contribution in [3.05, 3.63) is 23.8 Å². The van der Waals surface area contributed by atoms with Gasteiger partial charge in [0.2, 0.25) is 5.78 Å². The number of hydrogen-bond donors (Lipinski definition) is 1. The highest BCUT2D eigenvalue weighted by atomic mass is 16.4. The number of aliphatic carboxylic acids is 1. The summed E-state index contributed by atoms with van der Waals surface area (Å²) in [5.41, 5.74) is 1.04. The van der Waals surface area contributed by atoms with Crippen molar-refractivity contribution in [3.8, 4) is 0 Å². The number of carbonyl (C=O) groups is 3. The lowest BCUT2D eigenvalue weighted by molar-refractivity contribution is -0.154. The second-order valence-corrected chi connectivity index (χ2v) is 8.95. The van der Waals surface area contributed by atoms with E-state index in [0.29, 0.717) is 24.2 Å². The van der Waals surface area contributed by atoms with Gasteiger partial charge in [0.15, 0.2) is 5.78 Å². The number of hydrogen-bond acceptors (Lipinski definition) is 3. The summed E-state index contributed by atoms with van der Waals surface area (Å²) in [5.74, 6) is -0.663. The van der Waals surface area contributed by atoms with Crippen molar-refractivity contribution in [2.75, 3.05) is 0 Å². The van der Waals surface area contributed by atoms with Crippen LogP contribution in [-0.4, -0.2) is 22.6 Å². The van der Waals surface area contributed by atoms with Crippen molar-refractivity contribution in [1.29, 1.82) is 0 Å². The van der Waals surface area contributed by atoms with Crippen LogP contribution >= 0.6 is 0 Å². The van der Waals surface area contributed by atoms with Crippen molar-refractivity contribution in [2.24, 2.45) is 34.5 Å². The molecule has 0 aromatic carbocycles. The van der Waals surface area contributed by atoms with Crippen LogP contribution in [-0.2, 0) is 14.4 Å². The average molecular weight is 342 g/mol. The summed E-state index contributed by atoms with van der Waals surface area (Å²) in [6, 6.07) is 0. The molecular formula is C21H26O4. The van der Waals surface area contributed by atoms with Crippen LogP contribution < -0.4 is 0 Å². The van der Waals surface area contributed by atoms with Gasteiger partial charge in [-0.15, -0.1) is 0 Å². The summed E-state index contributed by atoms with van der Waals surface area (Å²) < 4.78 is 0. The Labute approximate surface area is 148 Å². The first kappa shape index (κ1) is 16.7. The average Bonchev–Trinajstić information content (AvgIpc) is 2.92. The van der Waals surface area contributed by atoms with E-state index >= 15 is 0 Å². The number of rotatable bonds is 2. The van der Waals surface area contributed by atoms with Crippen LogP contribution in [0.2, 0.25) is 0 Å². The third-order valence-electron chi connectivity index (χ3n) is 8.08. The first-order chi connectivity index (χ1) is 11.8. The first-order valence-corrected chi connectivity index (χ1v) is 9.49. The van der Waals surface area contributed by atoms with Gasteiger partial charge in [-0.3, -0.25) is 9.59 Å². The molecule has 1 N–H and O–H groups in total. The van der Waals surface area contributed by atoms with E-state index in [-0.39, 0.29) is 22.5 Å². The topological polar surface area (TPSA) is 71.4 Å². The summed E-state index contributed by atoms with van der Waals surface area (Å²) in [6.45, 7) is 4.41. The van der Waals surface area contributed by atoms with Crippen molar-refractivity contribution >= 4 is 17.5 Å². The molecule has 0 aromatic heterocycles. The number of Topliss-reactive ketones (excluding diaryl/α,β-unsaturated/α-hetero) is 1. The lowest BCUT2D eigenvalue weighted by Gasteiger charge is -2.56. The SMILES string of the molecule is C[C@]12CC[C@H]3[C@@H](CCC4=CC(=O)C=C[C@@]43C)[C@@H]1CC[C@@H]2C(=O)C(=O)O. The van der Waals surface area contributed by atoms with Gasteiger partial charge in [0.05, 0.1) is 0 Å². The zero-order chi connectivity index (χ0) is 18.0. The zero-order valence-corrected chi connectivity index (χ0v) is 15.0. The Kier molecular flexibility index (Phi) is 3.61. The number of carboxylic acids is 1. The largest absolute Gasteiger partial charge is 0.475 e. The molecule has 4 nitrogen and oxygen atoms in total. The Hall–Kier alpha value is -1.71. The van der Waals surface area contributed by atoms with Crippen molar-refractivity contribution in [3.63, 3.8) is 0 Å². The van der Waals surface area contributed by atoms with Crippen LogP contribution in [0.15, 0.2) is 23.8 Å². The van der Waals surface area contributed by atoms with Gasteiger partial charge in [0.1, 0.15) is 0 Å². The molecule has 0 radical (unpaired) electrons. The number of fused-ring (bicyclic) bond motifs is 5. The van der Waals surface area contributed by atoms with Crippen LogP contribution in [0, 0.1) is 34.5 Å². The third-order valence-corrected chi connectivity index (χ3v) is 8.08. The van der Waals surface area contributed by atoms with E-state index in [1.807, 2.05) is 6.08 Å². The standard InChI is InChI=1S/C21H26O4/c1-20-9-7-13(22)11-12(20)3-4-14-15-5-6-17(18(23)19(24)25)21(15,2)10-8-16(14)20/h7,9,11,14-17H,3-6,8,10H2,1-2H3,(H,24,25)/t14-,15-,16-,17+,20-,21-/m0/s1. The minimum Gasteiger partial charge on any atom is -0.475 e. The molecule has 0 amide bonds. The van der Waals surface area contributed by atoms with Crippen LogP contribution in [0.5, 0.6) is 0 Å². The number of carboxylic acid groups (broad SMARTS) is 1. The molecule has 0 heterocycles. The molecule has 0 unspecified atom stereocenters. The van der Waals surface area contributed by atoms with Crippen molar-refractivity contribution < 1.29 is 19.5 Å². The fourth-order valence-corrected chi connectivity index (χ4v) is 6.78. The van der Waals surface area contributed by atoms with Crippen LogP contribution in [0.4, 0.5) is 0 Å². The highest BCUT2D eigenvalue weighted by Crippen LogP contribution is 2.66. The molecular weight excluding hydrogens is 316 g/mol. The summed E-state index contributed by atoms with van der Waals surface area (Å²) >= 11 is 0. The minimum absolute atomic E-state index is 0.0486. The smallest absolute Gasteiger partial charge is 0.372 e. The molecule has 134 valence electrons.